The average Bonchev–Trinajstić information content (AvgIpc) is 2.88. The Morgan fingerprint density at radius 2 is 1.76 bits per heavy atom. The van der Waals surface area contributed by atoms with Crippen molar-refractivity contribution in [2.45, 2.75) is 51.7 Å². The third kappa shape index (κ3) is 8.63. The van der Waals surface area contributed by atoms with Gasteiger partial charge in [-0.2, -0.15) is 0 Å². The molecule has 0 fully saturated rings. The van der Waals surface area contributed by atoms with Crippen LogP contribution in [-0.2, 0) is 19.1 Å². The number of methoxy groups -OCH3 is 2. The number of likely N-dealkylation sites (N-methyl/N-ethyl adjacent to an activating group) is 1. The molecule has 0 radical (unpaired) electrons. The molecule has 0 aliphatic carbocycles. The molecule has 2 bridgehead atoms. The van der Waals surface area contributed by atoms with Crippen LogP contribution in [0.15, 0.2) is 18.2 Å². The number of nitrogens with zero attached hydrogens (tertiary/aromatic N) is 2. The zero-order chi connectivity index (χ0) is 27.6. The average molecular weight is 521 g/mol. The summed E-state index contributed by atoms with van der Waals surface area (Å²) < 4.78 is 16.3. The van der Waals surface area contributed by atoms with Gasteiger partial charge in [-0.15, -0.1) is 0 Å². The lowest BCUT2D eigenvalue weighted by molar-refractivity contribution is -0.151. The Bertz CT molecular complexity index is 966. The van der Waals surface area contributed by atoms with Gasteiger partial charge in [0.2, 0.25) is 5.91 Å². The van der Waals surface area contributed by atoms with Crippen LogP contribution in [0.1, 0.15) is 50.4 Å². The van der Waals surface area contributed by atoms with E-state index in [0.29, 0.717) is 62.5 Å². The van der Waals surface area contributed by atoms with E-state index in [4.69, 9.17) is 14.2 Å². The topological polar surface area (TPSA) is 127 Å². The first-order valence-electron chi connectivity index (χ1n) is 12.5. The lowest BCUT2D eigenvalue weighted by Gasteiger charge is -2.31. The van der Waals surface area contributed by atoms with Crippen LogP contribution < -0.4 is 20.1 Å². The molecule has 0 saturated carbocycles. The van der Waals surface area contributed by atoms with Gasteiger partial charge in [0, 0.05) is 45.9 Å². The standard InChI is InChI=1S/C26H40N4O7/c1-18-24(33)29(4)13-7-8-14-30(25(34)26(2,3)36-6)15-9-12-27-23(32)19-10-11-20(21(16-19)35-5)37-17-22(31)28-18/h10-11,16,18H,7-9,12-15,17H2,1-6H3,(H,27,32)(H,28,31)/t18-/m0/s1. The second-order valence-electron chi connectivity index (χ2n) is 9.53. The van der Waals surface area contributed by atoms with Gasteiger partial charge >= 0.3 is 0 Å². The maximum atomic E-state index is 13.1. The number of rotatable bonds is 3. The van der Waals surface area contributed by atoms with E-state index in [1.54, 1.807) is 49.8 Å². The second kappa shape index (κ2) is 13.8. The molecule has 2 heterocycles. The van der Waals surface area contributed by atoms with Crippen LogP contribution in [0.25, 0.3) is 0 Å². The van der Waals surface area contributed by atoms with E-state index in [9.17, 15) is 19.2 Å². The van der Waals surface area contributed by atoms with Gasteiger partial charge in [0.15, 0.2) is 18.1 Å². The molecule has 11 heteroatoms. The predicted molar refractivity (Wildman–Crippen MR) is 138 cm³/mol. The van der Waals surface area contributed by atoms with E-state index in [0.717, 1.165) is 0 Å². The van der Waals surface area contributed by atoms with Crippen molar-refractivity contribution in [2.75, 3.05) is 54.1 Å². The van der Waals surface area contributed by atoms with Crippen molar-refractivity contribution in [3.05, 3.63) is 23.8 Å². The lowest BCUT2D eigenvalue weighted by Crippen LogP contribution is -2.48. The van der Waals surface area contributed by atoms with Gasteiger partial charge in [-0.1, -0.05) is 0 Å². The van der Waals surface area contributed by atoms with Gasteiger partial charge in [0.1, 0.15) is 11.6 Å². The van der Waals surface area contributed by atoms with Gasteiger partial charge in [-0.05, 0) is 58.2 Å². The normalized spacial score (nSPS) is 19.4. The molecular formula is C26H40N4O7. The van der Waals surface area contributed by atoms with Crippen molar-refractivity contribution < 1.29 is 33.4 Å². The fourth-order valence-corrected chi connectivity index (χ4v) is 3.87. The Kier molecular flexibility index (Phi) is 11.2. The molecule has 2 N–H and O–H groups in total. The third-order valence-corrected chi connectivity index (χ3v) is 6.28. The highest BCUT2D eigenvalue weighted by molar-refractivity contribution is 5.95. The van der Waals surface area contributed by atoms with Gasteiger partial charge in [-0.25, -0.2) is 0 Å². The second-order valence-corrected chi connectivity index (χ2v) is 9.53. The number of fused-ring (bicyclic) bond motifs is 18. The number of hydrogen-bond acceptors (Lipinski definition) is 7. The summed E-state index contributed by atoms with van der Waals surface area (Å²) in [7, 11) is 4.62. The molecular weight excluding hydrogens is 480 g/mol. The number of carbonyl (C=O) groups is 4. The summed E-state index contributed by atoms with van der Waals surface area (Å²) in [6, 6.07) is 3.93. The van der Waals surface area contributed by atoms with Crippen molar-refractivity contribution in [3.63, 3.8) is 0 Å². The number of benzene rings is 1. The van der Waals surface area contributed by atoms with Crippen LogP contribution in [0, 0.1) is 0 Å². The minimum absolute atomic E-state index is 0.138. The molecule has 0 unspecified atom stereocenters. The zero-order valence-electron chi connectivity index (χ0n) is 22.7. The number of carbonyl (C=O) groups excluding carboxylic acids is 4. The van der Waals surface area contributed by atoms with Gasteiger partial charge < -0.3 is 34.6 Å². The molecule has 0 saturated heterocycles. The maximum absolute atomic E-state index is 13.1. The molecule has 4 amide bonds. The van der Waals surface area contributed by atoms with E-state index in [1.807, 2.05) is 0 Å². The van der Waals surface area contributed by atoms with Gasteiger partial charge in [0.25, 0.3) is 17.7 Å². The Hall–Kier alpha value is -3.34. The van der Waals surface area contributed by atoms with Crippen molar-refractivity contribution in [2.24, 2.45) is 0 Å². The summed E-state index contributed by atoms with van der Waals surface area (Å²) >= 11 is 0. The smallest absolute Gasteiger partial charge is 0.258 e. The minimum Gasteiger partial charge on any atom is -0.493 e. The first-order chi connectivity index (χ1) is 17.5. The van der Waals surface area contributed by atoms with Crippen molar-refractivity contribution >= 4 is 23.6 Å². The van der Waals surface area contributed by atoms with Crippen LogP contribution >= 0.6 is 0 Å². The van der Waals surface area contributed by atoms with Gasteiger partial charge in [0.05, 0.1) is 7.11 Å². The largest absolute Gasteiger partial charge is 0.493 e. The first kappa shape index (κ1) is 29.9. The fourth-order valence-electron chi connectivity index (χ4n) is 3.87. The monoisotopic (exact) mass is 520 g/mol. The quantitative estimate of drug-likeness (QED) is 0.574. The summed E-state index contributed by atoms with van der Waals surface area (Å²) in [5.41, 5.74) is -0.605. The molecule has 0 spiro atoms. The van der Waals surface area contributed by atoms with Crippen molar-refractivity contribution in [1.82, 2.24) is 20.4 Å². The maximum Gasteiger partial charge on any atom is 0.258 e. The summed E-state index contributed by atoms with van der Waals surface area (Å²) in [6.45, 7) is 6.53. The van der Waals surface area contributed by atoms with Crippen molar-refractivity contribution in [1.29, 1.82) is 0 Å². The summed E-state index contributed by atoms with van der Waals surface area (Å²) in [5.74, 6) is -0.516. The van der Waals surface area contributed by atoms with Crippen LogP contribution in [0.2, 0.25) is 0 Å². The Morgan fingerprint density at radius 1 is 1.08 bits per heavy atom. The van der Waals surface area contributed by atoms with Crippen LogP contribution in [0.5, 0.6) is 11.5 Å². The summed E-state index contributed by atoms with van der Waals surface area (Å²) in [4.78, 5) is 54.1. The molecule has 2 aliphatic heterocycles. The molecule has 37 heavy (non-hydrogen) atoms. The number of amides is 4. The highest BCUT2D eigenvalue weighted by atomic mass is 16.5. The lowest BCUT2D eigenvalue weighted by atomic mass is 10.1. The molecule has 1 aromatic carbocycles. The van der Waals surface area contributed by atoms with E-state index >= 15 is 0 Å². The number of nitrogens with one attached hydrogen (secondary N) is 2. The zero-order valence-corrected chi connectivity index (χ0v) is 22.7. The van der Waals surface area contributed by atoms with Crippen molar-refractivity contribution in [3.8, 4) is 11.5 Å². The molecule has 2 aliphatic rings. The molecule has 1 aromatic rings. The van der Waals surface area contributed by atoms with E-state index in [2.05, 4.69) is 10.6 Å². The number of hydrogen-bond donors (Lipinski definition) is 2. The molecule has 3 rings (SSSR count). The SMILES string of the molecule is COc1cc2ccc1OCC(=O)N[C@@H](C)C(=O)N(C)CCCCN(C(=O)C(C)(C)OC)CCCNC2=O. The Morgan fingerprint density at radius 3 is 2.43 bits per heavy atom. The third-order valence-electron chi connectivity index (χ3n) is 6.28. The fraction of sp³-hybridized carbons (Fsp3) is 0.615. The van der Waals surface area contributed by atoms with E-state index in [-0.39, 0.29) is 24.3 Å². The van der Waals surface area contributed by atoms with E-state index < -0.39 is 17.6 Å². The summed E-state index contributed by atoms with van der Waals surface area (Å²) in [6.07, 6.45) is 1.91. The van der Waals surface area contributed by atoms with Crippen LogP contribution in [0.3, 0.4) is 0 Å². The Balaban J connectivity index is 2.21. The summed E-state index contributed by atoms with van der Waals surface area (Å²) in [5, 5.41) is 5.51. The molecule has 11 nitrogen and oxygen atoms in total. The highest BCUT2D eigenvalue weighted by Crippen LogP contribution is 2.28. The molecule has 0 aromatic heterocycles. The van der Waals surface area contributed by atoms with Crippen LogP contribution in [-0.4, -0.2) is 99.1 Å². The number of ether oxygens (including phenoxy) is 3. The van der Waals surface area contributed by atoms with E-state index in [1.165, 1.54) is 20.3 Å². The minimum atomic E-state index is -0.976. The first-order valence-corrected chi connectivity index (χ1v) is 12.5. The van der Waals surface area contributed by atoms with Crippen LogP contribution in [0.4, 0.5) is 0 Å². The Labute approximate surface area is 218 Å². The highest BCUT2D eigenvalue weighted by Gasteiger charge is 2.31. The molecule has 1 atom stereocenters. The predicted octanol–water partition coefficient (Wildman–Crippen LogP) is 1.20. The molecule has 206 valence electrons. The van der Waals surface area contributed by atoms with Gasteiger partial charge in [-0.3, -0.25) is 19.2 Å².